The number of carbonyl (C=O) groups excluding carboxylic acids is 1. The lowest BCUT2D eigenvalue weighted by atomic mass is 10.1. The zero-order chi connectivity index (χ0) is 13.5. The first-order chi connectivity index (χ1) is 8.28. The van der Waals surface area contributed by atoms with E-state index in [-0.39, 0.29) is 17.6 Å². The van der Waals surface area contributed by atoms with Gasteiger partial charge in [-0.2, -0.15) is 0 Å². The number of hydrogen-bond acceptors (Lipinski definition) is 4. The zero-order valence-electron chi connectivity index (χ0n) is 11.3. The predicted molar refractivity (Wildman–Crippen MR) is 74.0 cm³/mol. The number of nitrogen functional groups attached to an aromatic ring is 1. The summed E-state index contributed by atoms with van der Waals surface area (Å²) in [6, 6.07) is 1.77. The van der Waals surface area contributed by atoms with Crippen LogP contribution in [0, 0.1) is 6.92 Å². The second-order valence-electron chi connectivity index (χ2n) is 5.50. The third-order valence-electron chi connectivity index (χ3n) is 3.02. The summed E-state index contributed by atoms with van der Waals surface area (Å²) in [5.41, 5.74) is 6.22. The third kappa shape index (κ3) is 2.67. The molecule has 5 heteroatoms. The topological polar surface area (TPSA) is 55.6 Å². The van der Waals surface area contributed by atoms with Crippen molar-refractivity contribution in [2.45, 2.75) is 39.4 Å². The van der Waals surface area contributed by atoms with E-state index >= 15 is 0 Å². The highest BCUT2D eigenvalue weighted by Crippen LogP contribution is 2.27. The van der Waals surface area contributed by atoms with Crippen molar-refractivity contribution in [3.05, 3.63) is 15.8 Å². The van der Waals surface area contributed by atoms with E-state index in [0.29, 0.717) is 18.8 Å². The molecule has 4 nitrogen and oxygen atoms in total. The average Bonchev–Trinajstić information content (AvgIpc) is 2.55. The molecule has 1 amide bonds. The summed E-state index contributed by atoms with van der Waals surface area (Å²) in [5, 5.41) is 0. The minimum absolute atomic E-state index is 0.0584. The Labute approximate surface area is 112 Å². The van der Waals surface area contributed by atoms with Gasteiger partial charge in [0.1, 0.15) is 0 Å². The minimum atomic E-state index is -0.287. The molecule has 1 aliphatic rings. The number of nitrogens with two attached hydrogens (primary N) is 1. The smallest absolute Gasteiger partial charge is 0.264 e. The summed E-state index contributed by atoms with van der Waals surface area (Å²) in [5.74, 6) is 0.0584. The van der Waals surface area contributed by atoms with Crippen LogP contribution in [0.25, 0.3) is 0 Å². The monoisotopic (exact) mass is 268 g/mol. The molecule has 18 heavy (non-hydrogen) atoms. The summed E-state index contributed by atoms with van der Waals surface area (Å²) >= 11 is 1.46. The van der Waals surface area contributed by atoms with Crippen molar-refractivity contribution in [2.75, 3.05) is 18.8 Å². The van der Waals surface area contributed by atoms with Crippen molar-refractivity contribution in [3.8, 4) is 0 Å². The van der Waals surface area contributed by atoms with Gasteiger partial charge in [-0.3, -0.25) is 4.79 Å². The van der Waals surface area contributed by atoms with Gasteiger partial charge in [0.15, 0.2) is 0 Å². The number of anilines is 1. The van der Waals surface area contributed by atoms with Crippen LogP contribution in [0.2, 0.25) is 0 Å². The first-order valence-corrected chi connectivity index (χ1v) is 6.93. The molecule has 0 spiro atoms. The molecule has 0 aromatic carbocycles. The van der Waals surface area contributed by atoms with E-state index in [9.17, 15) is 4.79 Å². The van der Waals surface area contributed by atoms with E-state index in [1.54, 1.807) is 6.07 Å². The van der Waals surface area contributed by atoms with Gasteiger partial charge < -0.3 is 15.4 Å². The Morgan fingerprint density at radius 3 is 2.78 bits per heavy atom. The number of thiophene rings is 1. The molecule has 0 aliphatic carbocycles. The number of hydrogen-bond donors (Lipinski definition) is 1. The first kappa shape index (κ1) is 13.4. The van der Waals surface area contributed by atoms with Crippen LogP contribution in [0.1, 0.15) is 35.3 Å². The number of carbonyl (C=O) groups is 1. The summed E-state index contributed by atoms with van der Waals surface area (Å²) in [7, 11) is 0. The maximum absolute atomic E-state index is 12.4. The Kier molecular flexibility index (Phi) is 3.38. The van der Waals surface area contributed by atoms with Crippen LogP contribution in [0.3, 0.4) is 0 Å². The van der Waals surface area contributed by atoms with Crippen LogP contribution >= 0.6 is 11.3 Å². The number of aryl methyl sites for hydroxylation is 1. The van der Waals surface area contributed by atoms with Gasteiger partial charge in [0.05, 0.1) is 16.6 Å². The van der Waals surface area contributed by atoms with Crippen LogP contribution in [-0.4, -0.2) is 35.6 Å². The normalized spacial score (nSPS) is 23.1. The fourth-order valence-electron chi connectivity index (χ4n) is 2.37. The predicted octanol–water partition coefficient (Wildman–Crippen LogP) is 2.28. The Bertz CT molecular complexity index is 448. The highest BCUT2D eigenvalue weighted by Gasteiger charge is 2.34. The van der Waals surface area contributed by atoms with Gasteiger partial charge >= 0.3 is 0 Å². The fourth-order valence-corrected chi connectivity index (χ4v) is 3.27. The lowest BCUT2D eigenvalue weighted by Crippen LogP contribution is -2.53. The lowest BCUT2D eigenvalue weighted by molar-refractivity contribution is -0.118. The number of morpholine rings is 1. The van der Waals surface area contributed by atoms with Crippen molar-refractivity contribution in [3.63, 3.8) is 0 Å². The maximum atomic E-state index is 12.4. The van der Waals surface area contributed by atoms with E-state index in [1.165, 1.54) is 11.3 Å². The molecule has 1 unspecified atom stereocenters. The van der Waals surface area contributed by atoms with Crippen molar-refractivity contribution < 1.29 is 9.53 Å². The van der Waals surface area contributed by atoms with Gasteiger partial charge in [0.25, 0.3) is 5.91 Å². The minimum Gasteiger partial charge on any atom is -0.398 e. The van der Waals surface area contributed by atoms with Gasteiger partial charge in [-0.1, -0.05) is 0 Å². The Morgan fingerprint density at radius 2 is 2.28 bits per heavy atom. The molecule has 2 heterocycles. The standard InChI is InChI=1S/C13H20N2O2S/c1-8-6-15(7-13(3,4)17-8)12(16)11-5-10(14)9(2)18-11/h5,8H,6-7,14H2,1-4H3. The molecule has 1 aromatic rings. The lowest BCUT2D eigenvalue weighted by Gasteiger charge is -2.41. The number of amides is 1. The van der Waals surface area contributed by atoms with Gasteiger partial charge in [0.2, 0.25) is 0 Å². The number of ether oxygens (including phenoxy) is 1. The molecule has 1 aromatic heterocycles. The molecular formula is C13H20N2O2S. The molecule has 1 fully saturated rings. The second kappa shape index (κ2) is 4.55. The second-order valence-corrected chi connectivity index (χ2v) is 6.75. The van der Waals surface area contributed by atoms with Gasteiger partial charge in [0, 0.05) is 23.7 Å². The average molecular weight is 268 g/mol. The largest absolute Gasteiger partial charge is 0.398 e. The van der Waals surface area contributed by atoms with Gasteiger partial charge in [-0.15, -0.1) is 11.3 Å². The van der Waals surface area contributed by atoms with E-state index in [1.807, 2.05) is 32.6 Å². The first-order valence-electron chi connectivity index (χ1n) is 6.11. The van der Waals surface area contributed by atoms with Crippen molar-refractivity contribution in [1.82, 2.24) is 4.90 Å². The van der Waals surface area contributed by atoms with Crippen LogP contribution in [0.15, 0.2) is 6.07 Å². The molecule has 1 atom stereocenters. The fraction of sp³-hybridized carbons (Fsp3) is 0.615. The number of nitrogens with zero attached hydrogens (tertiary/aromatic N) is 1. The van der Waals surface area contributed by atoms with E-state index in [2.05, 4.69) is 0 Å². The molecule has 2 N–H and O–H groups in total. The third-order valence-corrected chi connectivity index (χ3v) is 4.08. The summed E-state index contributed by atoms with van der Waals surface area (Å²) in [6.07, 6.45) is 0.0658. The highest BCUT2D eigenvalue weighted by atomic mass is 32.1. The SMILES string of the molecule is Cc1sc(C(=O)N2CC(C)OC(C)(C)C2)cc1N. The summed E-state index contributed by atoms with van der Waals surface area (Å²) in [4.78, 5) is 16.0. The summed E-state index contributed by atoms with van der Waals surface area (Å²) < 4.78 is 5.80. The number of rotatable bonds is 1. The molecular weight excluding hydrogens is 248 g/mol. The van der Waals surface area contributed by atoms with Gasteiger partial charge in [-0.25, -0.2) is 0 Å². The zero-order valence-corrected chi connectivity index (χ0v) is 12.1. The Morgan fingerprint density at radius 1 is 1.61 bits per heavy atom. The van der Waals surface area contributed by atoms with Crippen molar-refractivity contribution in [1.29, 1.82) is 0 Å². The quantitative estimate of drug-likeness (QED) is 0.850. The highest BCUT2D eigenvalue weighted by molar-refractivity contribution is 7.14. The summed E-state index contributed by atoms with van der Waals surface area (Å²) in [6.45, 7) is 9.21. The van der Waals surface area contributed by atoms with E-state index < -0.39 is 0 Å². The van der Waals surface area contributed by atoms with Crippen molar-refractivity contribution in [2.24, 2.45) is 0 Å². The maximum Gasteiger partial charge on any atom is 0.264 e. The van der Waals surface area contributed by atoms with E-state index in [4.69, 9.17) is 10.5 Å². The van der Waals surface area contributed by atoms with Crippen LogP contribution < -0.4 is 5.73 Å². The van der Waals surface area contributed by atoms with Crippen LogP contribution in [0.5, 0.6) is 0 Å². The Hall–Kier alpha value is -1.07. The van der Waals surface area contributed by atoms with Gasteiger partial charge in [-0.05, 0) is 33.8 Å². The molecule has 0 radical (unpaired) electrons. The van der Waals surface area contributed by atoms with E-state index in [0.717, 1.165) is 9.75 Å². The molecule has 2 rings (SSSR count). The molecule has 1 aliphatic heterocycles. The van der Waals surface area contributed by atoms with Crippen LogP contribution in [-0.2, 0) is 4.74 Å². The van der Waals surface area contributed by atoms with Crippen molar-refractivity contribution >= 4 is 22.9 Å². The molecule has 0 saturated carbocycles. The molecule has 0 bridgehead atoms. The molecule has 1 saturated heterocycles. The van der Waals surface area contributed by atoms with Crippen LogP contribution in [0.4, 0.5) is 5.69 Å². The Balaban J connectivity index is 2.18. The molecule has 100 valence electrons.